The summed E-state index contributed by atoms with van der Waals surface area (Å²) in [7, 11) is 2.16. The third-order valence-corrected chi connectivity index (χ3v) is 2.51. The number of hydrogen-bond donors (Lipinski definition) is 1. The van der Waals surface area contributed by atoms with Crippen LogP contribution in [0.2, 0.25) is 0 Å². The molecule has 0 rings (SSSR count). The van der Waals surface area contributed by atoms with Crippen LogP contribution in [0.25, 0.3) is 0 Å². The number of nitrogens with zero attached hydrogens (tertiary/aromatic N) is 1. The first-order chi connectivity index (χ1) is 7.20. The van der Waals surface area contributed by atoms with Crippen molar-refractivity contribution in [3.63, 3.8) is 0 Å². The minimum Gasteiger partial charge on any atom is -0.380 e. The fourth-order valence-electron chi connectivity index (χ4n) is 1.38. The summed E-state index contributed by atoms with van der Waals surface area (Å²) in [6.07, 6.45) is 2.42. The second-order valence-corrected chi connectivity index (χ2v) is 4.14. The van der Waals surface area contributed by atoms with Crippen LogP contribution in [0, 0.1) is 0 Å². The molecular weight excluding hydrogens is 188 g/mol. The maximum atomic E-state index is 5.32. The number of rotatable bonds is 10. The number of hydrogen-bond acceptors (Lipinski definition) is 3. The first-order valence-corrected chi connectivity index (χ1v) is 6.20. The summed E-state index contributed by atoms with van der Waals surface area (Å²) >= 11 is 0. The molecule has 0 aromatic heterocycles. The van der Waals surface area contributed by atoms with Gasteiger partial charge in [0.2, 0.25) is 0 Å². The molecule has 1 N–H and O–H groups in total. The van der Waals surface area contributed by atoms with Crippen LogP contribution < -0.4 is 5.32 Å². The first kappa shape index (κ1) is 14.9. The van der Waals surface area contributed by atoms with Crippen LogP contribution in [-0.4, -0.2) is 50.8 Å². The predicted molar refractivity (Wildman–Crippen MR) is 66.4 cm³/mol. The predicted octanol–water partition coefficient (Wildman–Crippen LogP) is 1.73. The van der Waals surface area contributed by atoms with Gasteiger partial charge >= 0.3 is 0 Å². The van der Waals surface area contributed by atoms with Gasteiger partial charge < -0.3 is 15.0 Å². The van der Waals surface area contributed by atoms with Crippen LogP contribution in [0.5, 0.6) is 0 Å². The lowest BCUT2D eigenvalue weighted by atomic mass is 10.2. The summed E-state index contributed by atoms with van der Waals surface area (Å²) in [5.74, 6) is 0. The zero-order valence-corrected chi connectivity index (χ0v) is 10.9. The highest BCUT2D eigenvalue weighted by molar-refractivity contribution is 4.62. The van der Waals surface area contributed by atoms with Gasteiger partial charge in [-0.3, -0.25) is 0 Å². The van der Waals surface area contributed by atoms with E-state index in [0.29, 0.717) is 6.04 Å². The highest BCUT2D eigenvalue weighted by Gasteiger charge is 2.03. The van der Waals surface area contributed by atoms with Gasteiger partial charge in [0.1, 0.15) is 0 Å². The lowest BCUT2D eigenvalue weighted by Crippen LogP contribution is -2.32. The molecule has 0 aliphatic heterocycles. The molecule has 0 fully saturated rings. The third kappa shape index (κ3) is 10.2. The second-order valence-electron chi connectivity index (χ2n) is 4.14. The van der Waals surface area contributed by atoms with E-state index in [0.717, 1.165) is 32.8 Å². The highest BCUT2D eigenvalue weighted by Crippen LogP contribution is 1.94. The second kappa shape index (κ2) is 10.4. The van der Waals surface area contributed by atoms with E-state index in [1.807, 2.05) is 6.92 Å². The molecule has 0 aliphatic rings. The Labute approximate surface area is 95.2 Å². The Bertz CT molecular complexity index is 131. The van der Waals surface area contributed by atoms with E-state index in [2.05, 4.69) is 31.1 Å². The van der Waals surface area contributed by atoms with Gasteiger partial charge in [-0.25, -0.2) is 0 Å². The zero-order valence-electron chi connectivity index (χ0n) is 10.9. The maximum Gasteiger partial charge on any atom is 0.0593 e. The van der Waals surface area contributed by atoms with Gasteiger partial charge in [0.05, 0.1) is 6.61 Å². The van der Waals surface area contributed by atoms with Gasteiger partial charge in [-0.2, -0.15) is 0 Å². The average Bonchev–Trinajstić information content (AvgIpc) is 2.24. The molecule has 0 aromatic rings. The average molecular weight is 216 g/mol. The zero-order chi connectivity index (χ0) is 11.5. The van der Waals surface area contributed by atoms with Crippen LogP contribution in [0.4, 0.5) is 0 Å². The topological polar surface area (TPSA) is 24.5 Å². The molecule has 0 amide bonds. The van der Waals surface area contributed by atoms with Gasteiger partial charge in [-0.05, 0) is 46.8 Å². The Morgan fingerprint density at radius 1 is 1.27 bits per heavy atom. The van der Waals surface area contributed by atoms with Crippen LogP contribution in [0.15, 0.2) is 0 Å². The molecule has 0 saturated heterocycles. The molecule has 0 heterocycles. The first-order valence-electron chi connectivity index (χ1n) is 6.20. The molecule has 15 heavy (non-hydrogen) atoms. The Morgan fingerprint density at radius 3 is 2.60 bits per heavy atom. The minimum absolute atomic E-state index is 0.625. The van der Waals surface area contributed by atoms with Crippen molar-refractivity contribution in [2.75, 3.05) is 39.9 Å². The molecule has 0 spiro atoms. The van der Waals surface area contributed by atoms with Crippen LogP contribution in [0.3, 0.4) is 0 Å². The molecule has 0 aliphatic carbocycles. The molecule has 1 atom stereocenters. The van der Waals surface area contributed by atoms with Crippen LogP contribution in [0.1, 0.15) is 33.6 Å². The molecular formula is C12H28N2O. The van der Waals surface area contributed by atoms with E-state index in [9.17, 15) is 0 Å². The molecule has 92 valence electrons. The monoisotopic (exact) mass is 216 g/mol. The smallest absolute Gasteiger partial charge is 0.0593 e. The lowest BCUT2D eigenvalue weighted by molar-refractivity contribution is 0.121. The van der Waals surface area contributed by atoms with E-state index >= 15 is 0 Å². The van der Waals surface area contributed by atoms with E-state index in [4.69, 9.17) is 4.74 Å². The van der Waals surface area contributed by atoms with Gasteiger partial charge in [0.15, 0.2) is 0 Å². The van der Waals surface area contributed by atoms with Crippen LogP contribution in [-0.2, 0) is 4.74 Å². The molecule has 0 radical (unpaired) electrons. The van der Waals surface area contributed by atoms with Crippen molar-refractivity contribution in [1.29, 1.82) is 0 Å². The quantitative estimate of drug-likeness (QED) is 0.563. The van der Waals surface area contributed by atoms with Crippen molar-refractivity contribution in [3.05, 3.63) is 0 Å². The van der Waals surface area contributed by atoms with Crippen LogP contribution >= 0.6 is 0 Å². The molecule has 0 saturated carbocycles. The summed E-state index contributed by atoms with van der Waals surface area (Å²) in [5.41, 5.74) is 0. The fourth-order valence-corrected chi connectivity index (χ4v) is 1.38. The fraction of sp³-hybridized carbons (Fsp3) is 1.00. The maximum absolute atomic E-state index is 5.32. The van der Waals surface area contributed by atoms with E-state index in [1.54, 1.807) is 0 Å². The Balaban J connectivity index is 3.31. The van der Waals surface area contributed by atoms with Crippen molar-refractivity contribution in [1.82, 2.24) is 10.2 Å². The third-order valence-electron chi connectivity index (χ3n) is 2.51. The minimum atomic E-state index is 0.625. The number of nitrogens with one attached hydrogen (secondary N) is 1. The largest absolute Gasteiger partial charge is 0.380 e. The van der Waals surface area contributed by atoms with Gasteiger partial charge in [0, 0.05) is 19.2 Å². The standard InChI is InChI=1S/C12H28N2O/c1-5-8-13-12(3)7-9-14(4)10-11-15-6-2/h12-13H,5-11H2,1-4H3. The van der Waals surface area contributed by atoms with Crippen molar-refractivity contribution in [2.24, 2.45) is 0 Å². The highest BCUT2D eigenvalue weighted by atomic mass is 16.5. The van der Waals surface area contributed by atoms with Gasteiger partial charge in [-0.15, -0.1) is 0 Å². The summed E-state index contributed by atoms with van der Waals surface area (Å²) in [6.45, 7) is 11.5. The van der Waals surface area contributed by atoms with Crippen molar-refractivity contribution < 1.29 is 4.74 Å². The summed E-state index contributed by atoms with van der Waals surface area (Å²) < 4.78 is 5.32. The van der Waals surface area contributed by atoms with E-state index < -0.39 is 0 Å². The molecule has 1 unspecified atom stereocenters. The molecule has 0 bridgehead atoms. The molecule has 3 nitrogen and oxygen atoms in total. The van der Waals surface area contributed by atoms with Crippen molar-refractivity contribution in [2.45, 2.75) is 39.7 Å². The Morgan fingerprint density at radius 2 is 2.00 bits per heavy atom. The Kier molecular flexibility index (Phi) is 10.3. The lowest BCUT2D eigenvalue weighted by Gasteiger charge is -2.19. The Hall–Kier alpha value is -0.120. The number of likely N-dealkylation sites (N-methyl/N-ethyl adjacent to an activating group) is 1. The van der Waals surface area contributed by atoms with Crippen molar-refractivity contribution >= 4 is 0 Å². The summed E-state index contributed by atoms with van der Waals surface area (Å²) in [5, 5.41) is 3.50. The normalized spacial score (nSPS) is 13.4. The van der Waals surface area contributed by atoms with E-state index in [1.165, 1.54) is 12.8 Å². The van der Waals surface area contributed by atoms with E-state index in [-0.39, 0.29) is 0 Å². The van der Waals surface area contributed by atoms with Gasteiger partial charge in [-0.1, -0.05) is 6.92 Å². The van der Waals surface area contributed by atoms with Gasteiger partial charge in [0.25, 0.3) is 0 Å². The summed E-state index contributed by atoms with van der Waals surface area (Å²) in [4.78, 5) is 2.33. The molecule has 0 aromatic carbocycles. The van der Waals surface area contributed by atoms with Crippen molar-refractivity contribution in [3.8, 4) is 0 Å². The summed E-state index contributed by atoms with van der Waals surface area (Å²) in [6, 6.07) is 0.625. The number of ether oxygens (including phenoxy) is 1. The molecule has 3 heteroatoms. The SMILES string of the molecule is CCCNC(C)CCN(C)CCOCC.